The summed E-state index contributed by atoms with van der Waals surface area (Å²) in [5, 5.41) is 12.1. The first-order valence-corrected chi connectivity index (χ1v) is 5.79. The summed E-state index contributed by atoms with van der Waals surface area (Å²) in [4.78, 5) is 26.9. The van der Waals surface area contributed by atoms with Gasteiger partial charge < -0.3 is 9.84 Å². The van der Waals surface area contributed by atoms with E-state index >= 15 is 0 Å². The van der Waals surface area contributed by atoms with Gasteiger partial charge in [0.1, 0.15) is 12.2 Å². The molecule has 0 fully saturated rings. The molecule has 1 aromatic heterocycles. The molecular weight excluding hydrogens is 260 g/mol. The lowest BCUT2D eigenvalue weighted by Gasteiger charge is -2.11. The molecule has 102 valence electrons. The summed E-state index contributed by atoms with van der Waals surface area (Å²) in [7, 11) is 0. The lowest BCUT2D eigenvalue weighted by atomic mass is 10.1. The minimum atomic E-state index is -1.18. The topological polar surface area (TPSA) is 88.5 Å². The van der Waals surface area contributed by atoms with E-state index in [4.69, 9.17) is 9.84 Å². The van der Waals surface area contributed by atoms with Gasteiger partial charge >= 0.3 is 12.1 Å². The molecule has 6 heteroatoms. The zero-order chi connectivity index (χ0) is 14.5. The van der Waals surface area contributed by atoms with Gasteiger partial charge in [-0.25, -0.2) is 9.59 Å². The molecule has 0 aliphatic rings. The molecule has 0 unspecified atom stereocenters. The monoisotopic (exact) mass is 272 g/mol. The Balaban J connectivity index is 2.47. The van der Waals surface area contributed by atoms with Gasteiger partial charge in [-0.2, -0.15) is 0 Å². The van der Waals surface area contributed by atoms with E-state index in [1.54, 1.807) is 24.3 Å². The summed E-state index contributed by atoms with van der Waals surface area (Å²) >= 11 is 0. The molecule has 0 aliphatic carbocycles. The number of amides is 1. The average Bonchev–Trinajstić information content (AvgIpc) is 2.45. The van der Waals surface area contributed by atoms with Crippen LogP contribution < -0.4 is 5.32 Å². The van der Waals surface area contributed by atoms with Crippen molar-refractivity contribution in [1.29, 1.82) is 0 Å². The Hall–Kier alpha value is -2.89. The predicted octanol–water partition coefficient (Wildman–Crippen LogP) is 2.67. The maximum Gasteiger partial charge on any atom is 0.411 e. The number of carboxylic acid groups (broad SMARTS) is 1. The highest BCUT2D eigenvalue weighted by Gasteiger charge is 2.16. The standard InChI is InChI=1S/C14H12N2O4/c1-2-7-20-14(19)16-12-9-5-3-4-6-11(9)15-8-10(12)13(17)18/h2-6,8H,1,7H2,(H,17,18)(H,15,16,19). The fourth-order valence-corrected chi connectivity index (χ4v) is 1.71. The van der Waals surface area contributed by atoms with Crippen molar-refractivity contribution in [3.8, 4) is 0 Å². The van der Waals surface area contributed by atoms with Crippen LogP contribution in [0.5, 0.6) is 0 Å². The zero-order valence-electron chi connectivity index (χ0n) is 10.5. The third-order valence-corrected chi connectivity index (χ3v) is 2.57. The Morgan fingerprint density at radius 1 is 1.40 bits per heavy atom. The number of hydrogen-bond donors (Lipinski definition) is 2. The average molecular weight is 272 g/mol. The normalized spacial score (nSPS) is 10.0. The number of hydrogen-bond acceptors (Lipinski definition) is 4. The largest absolute Gasteiger partial charge is 0.478 e. The van der Waals surface area contributed by atoms with Crippen LogP contribution in [-0.4, -0.2) is 28.8 Å². The minimum absolute atomic E-state index is 0.0389. The van der Waals surface area contributed by atoms with Gasteiger partial charge in [-0.15, -0.1) is 0 Å². The predicted molar refractivity (Wildman–Crippen MR) is 73.9 cm³/mol. The maximum atomic E-state index is 11.6. The summed E-state index contributed by atoms with van der Waals surface area (Å²) < 4.78 is 4.80. The van der Waals surface area contributed by atoms with Crippen LogP contribution in [0.25, 0.3) is 10.9 Å². The van der Waals surface area contributed by atoms with Crippen molar-refractivity contribution in [3.05, 3.63) is 48.7 Å². The molecule has 1 amide bonds. The quantitative estimate of drug-likeness (QED) is 0.835. The number of anilines is 1. The number of nitrogens with zero attached hydrogens (tertiary/aromatic N) is 1. The molecule has 1 aromatic carbocycles. The van der Waals surface area contributed by atoms with Gasteiger partial charge in [-0.3, -0.25) is 10.3 Å². The summed E-state index contributed by atoms with van der Waals surface area (Å²) in [6, 6.07) is 6.91. The third-order valence-electron chi connectivity index (χ3n) is 2.57. The summed E-state index contributed by atoms with van der Waals surface area (Å²) in [5.74, 6) is -1.18. The number of carboxylic acids is 1. The van der Waals surface area contributed by atoms with E-state index < -0.39 is 12.1 Å². The van der Waals surface area contributed by atoms with E-state index in [2.05, 4.69) is 16.9 Å². The zero-order valence-corrected chi connectivity index (χ0v) is 10.5. The molecule has 0 atom stereocenters. The number of fused-ring (bicyclic) bond motifs is 1. The van der Waals surface area contributed by atoms with E-state index in [9.17, 15) is 9.59 Å². The lowest BCUT2D eigenvalue weighted by molar-refractivity contribution is 0.0698. The van der Waals surface area contributed by atoms with E-state index in [1.165, 1.54) is 12.3 Å². The highest BCUT2D eigenvalue weighted by atomic mass is 16.5. The number of para-hydroxylation sites is 1. The Bertz CT molecular complexity index is 682. The second-order valence-electron chi connectivity index (χ2n) is 3.88. The smallest absolute Gasteiger partial charge is 0.411 e. The van der Waals surface area contributed by atoms with Crippen molar-refractivity contribution in [2.45, 2.75) is 0 Å². The van der Waals surface area contributed by atoms with Gasteiger partial charge in [-0.1, -0.05) is 30.9 Å². The number of carbonyl (C=O) groups excluding carboxylic acids is 1. The molecule has 0 aliphatic heterocycles. The number of aromatic carboxylic acids is 1. The second kappa shape index (κ2) is 5.83. The van der Waals surface area contributed by atoms with Crippen LogP contribution in [0, 0.1) is 0 Å². The second-order valence-corrected chi connectivity index (χ2v) is 3.88. The highest BCUT2D eigenvalue weighted by Crippen LogP contribution is 2.26. The molecule has 2 aromatic rings. The Labute approximate surface area is 114 Å². The van der Waals surface area contributed by atoms with E-state index in [-0.39, 0.29) is 17.9 Å². The first kappa shape index (κ1) is 13.5. The van der Waals surface area contributed by atoms with Crippen LogP contribution in [0.4, 0.5) is 10.5 Å². The summed E-state index contributed by atoms with van der Waals surface area (Å²) in [6.45, 7) is 3.47. The van der Waals surface area contributed by atoms with Gasteiger partial charge in [0.2, 0.25) is 0 Å². The van der Waals surface area contributed by atoms with Gasteiger partial charge in [0.05, 0.1) is 11.2 Å². The molecular formula is C14H12N2O4. The number of pyridine rings is 1. The molecule has 2 N–H and O–H groups in total. The van der Waals surface area contributed by atoms with Crippen LogP contribution in [0.2, 0.25) is 0 Å². The molecule has 0 bridgehead atoms. The first-order chi connectivity index (χ1) is 9.63. The molecule has 0 saturated heterocycles. The first-order valence-electron chi connectivity index (χ1n) is 5.79. The number of aromatic nitrogens is 1. The maximum absolute atomic E-state index is 11.6. The van der Waals surface area contributed by atoms with Crippen LogP contribution >= 0.6 is 0 Å². The number of ether oxygens (including phenoxy) is 1. The lowest BCUT2D eigenvalue weighted by Crippen LogP contribution is -2.16. The SMILES string of the molecule is C=CCOC(=O)Nc1c(C(=O)O)cnc2ccccc12. The molecule has 2 rings (SSSR count). The third kappa shape index (κ3) is 2.74. The van der Waals surface area contributed by atoms with Crippen molar-refractivity contribution in [2.24, 2.45) is 0 Å². The molecule has 6 nitrogen and oxygen atoms in total. The minimum Gasteiger partial charge on any atom is -0.478 e. The molecule has 1 heterocycles. The van der Waals surface area contributed by atoms with E-state index in [0.29, 0.717) is 10.9 Å². The molecule has 0 saturated carbocycles. The van der Waals surface area contributed by atoms with Gasteiger partial charge in [0.25, 0.3) is 0 Å². The Morgan fingerprint density at radius 3 is 2.85 bits per heavy atom. The number of nitrogens with one attached hydrogen (secondary N) is 1. The number of rotatable bonds is 4. The molecule has 20 heavy (non-hydrogen) atoms. The van der Waals surface area contributed by atoms with Gasteiger partial charge in [0.15, 0.2) is 0 Å². The Kier molecular flexibility index (Phi) is 3.95. The highest BCUT2D eigenvalue weighted by molar-refractivity contribution is 6.08. The summed E-state index contributed by atoms with van der Waals surface area (Å²) in [6.07, 6.45) is 1.87. The Morgan fingerprint density at radius 2 is 2.15 bits per heavy atom. The summed E-state index contributed by atoms with van der Waals surface area (Å²) in [5.41, 5.74) is 0.646. The van der Waals surface area contributed by atoms with Crippen LogP contribution in [0.1, 0.15) is 10.4 Å². The number of carbonyl (C=O) groups is 2. The van der Waals surface area contributed by atoms with Crippen molar-refractivity contribution in [2.75, 3.05) is 11.9 Å². The van der Waals surface area contributed by atoms with Crippen molar-refractivity contribution >= 4 is 28.7 Å². The van der Waals surface area contributed by atoms with Crippen molar-refractivity contribution in [1.82, 2.24) is 4.98 Å². The fourth-order valence-electron chi connectivity index (χ4n) is 1.71. The number of benzene rings is 1. The van der Waals surface area contributed by atoms with E-state index in [0.717, 1.165) is 0 Å². The molecule has 0 radical (unpaired) electrons. The van der Waals surface area contributed by atoms with Crippen LogP contribution in [0.3, 0.4) is 0 Å². The van der Waals surface area contributed by atoms with Crippen molar-refractivity contribution in [3.63, 3.8) is 0 Å². The van der Waals surface area contributed by atoms with E-state index in [1.807, 2.05) is 0 Å². The molecule has 0 spiro atoms. The van der Waals surface area contributed by atoms with Crippen LogP contribution in [-0.2, 0) is 4.74 Å². The fraction of sp³-hybridized carbons (Fsp3) is 0.0714. The van der Waals surface area contributed by atoms with Gasteiger partial charge in [-0.05, 0) is 6.07 Å². The van der Waals surface area contributed by atoms with Crippen molar-refractivity contribution < 1.29 is 19.4 Å². The van der Waals surface area contributed by atoms with Crippen LogP contribution in [0.15, 0.2) is 43.1 Å². The van der Waals surface area contributed by atoms with Gasteiger partial charge in [0, 0.05) is 11.6 Å².